The van der Waals surface area contributed by atoms with E-state index < -0.39 is 9.85 Å². The van der Waals surface area contributed by atoms with Gasteiger partial charge in [0.1, 0.15) is 17.9 Å². The quantitative estimate of drug-likeness (QED) is 0.563. The number of piperazine rings is 1. The second-order valence-corrected chi connectivity index (χ2v) is 6.58. The minimum absolute atomic E-state index is 0.0385. The normalized spacial score (nSPS) is 14.2. The van der Waals surface area contributed by atoms with Crippen LogP contribution in [-0.4, -0.2) is 56.6 Å². The van der Waals surface area contributed by atoms with Crippen LogP contribution in [-0.2, 0) is 11.3 Å². The molecule has 1 saturated heterocycles. The summed E-state index contributed by atoms with van der Waals surface area (Å²) in [4.78, 5) is 37.2. The first-order valence-corrected chi connectivity index (χ1v) is 8.73. The lowest BCUT2D eigenvalue weighted by atomic mass is 10.2. The lowest BCUT2D eigenvalue weighted by Crippen LogP contribution is -2.49. The monoisotopic (exact) mass is 388 g/mol. The third kappa shape index (κ3) is 3.77. The zero-order valence-corrected chi connectivity index (χ0v) is 15.6. The Bertz CT molecular complexity index is 915. The molecule has 1 aliphatic rings. The Morgan fingerprint density at radius 2 is 1.64 bits per heavy atom. The van der Waals surface area contributed by atoms with Gasteiger partial charge in [-0.05, 0) is 26.0 Å². The van der Waals surface area contributed by atoms with Crippen molar-refractivity contribution in [3.8, 4) is 0 Å². The summed E-state index contributed by atoms with van der Waals surface area (Å²) in [5.41, 5.74) is 1.50. The van der Waals surface area contributed by atoms with E-state index in [1.165, 1.54) is 16.8 Å². The van der Waals surface area contributed by atoms with Crippen molar-refractivity contribution in [3.63, 3.8) is 0 Å². The van der Waals surface area contributed by atoms with Crippen LogP contribution in [0.1, 0.15) is 11.4 Å². The van der Waals surface area contributed by atoms with Gasteiger partial charge in [-0.25, -0.2) is 0 Å². The Morgan fingerprint density at radius 1 is 1.04 bits per heavy atom. The van der Waals surface area contributed by atoms with Crippen molar-refractivity contribution in [2.75, 3.05) is 31.1 Å². The Kier molecular flexibility index (Phi) is 5.25. The van der Waals surface area contributed by atoms with E-state index in [-0.39, 0.29) is 23.8 Å². The maximum Gasteiger partial charge on any atom is 0.312 e. The van der Waals surface area contributed by atoms with E-state index in [2.05, 4.69) is 10.00 Å². The molecule has 0 bridgehead atoms. The number of carbonyl (C=O) groups is 1. The number of amides is 1. The first-order valence-electron chi connectivity index (χ1n) is 8.73. The minimum Gasteiger partial charge on any atom is -0.368 e. The molecule has 11 nitrogen and oxygen atoms in total. The van der Waals surface area contributed by atoms with Gasteiger partial charge in [-0.1, -0.05) is 0 Å². The molecule has 1 amide bonds. The molecule has 1 fully saturated rings. The van der Waals surface area contributed by atoms with Crippen molar-refractivity contribution in [2.24, 2.45) is 0 Å². The lowest BCUT2D eigenvalue weighted by molar-refractivity contribution is -0.386. The van der Waals surface area contributed by atoms with E-state index in [1.807, 2.05) is 0 Å². The third-order valence-corrected chi connectivity index (χ3v) is 4.87. The summed E-state index contributed by atoms with van der Waals surface area (Å²) in [7, 11) is 0. The smallest absolute Gasteiger partial charge is 0.312 e. The summed E-state index contributed by atoms with van der Waals surface area (Å²) in [5, 5.41) is 25.9. The van der Waals surface area contributed by atoms with Crippen molar-refractivity contribution in [1.82, 2.24) is 14.7 Å². The fraction of sp³-hybridized carbons (Fsp3) is 0.412. The molecule has 3 rings (SSSR count). The van der Waals surface area contributed by atoms with Crippen LogP contribution in [0.3, 0.4) is 0 Å². The highest BCUT2D eigenvalue weighted by molar-refractivity contribution is 5.76. The van der Waals surface area contributed by atoms with Crippen molar-refractivity contribution < 1.29 is 14.6 Å². The summed E-state index contributed by atoms with van der Waals surface area (Å²) >= 11 is 0. The van der Waals surface area contributed by atoms with E-state index >= 15 is 0 Å². The van der Waals surface area contributed by atoms with Crippen LogP contribution in [0.5, 0.6) is 0 Å². The van der Waals surface area contributed by atoms with E-state index in [4.69, 9.17) is 0 Å². The largest absolute Gasteiger partial charge is 0.368 e. The van der Waals surface area contributed by atoms with Crippen LogP contribution in [0, 0.1) is 34.1 Å². The predicted octanol–water partition coefficient (Wildman–Crippen LogP) is 1.67. The highest BCUT2D eigenvalue weighted by atomic mass is 16.6. The molecule has 1 aromatic carbocycles. The number of nitrogens with zero attached hydrogens (tertiary/aromatic N) is 6. The zero-order valence-electron chi connectivity index (χ0n) is 15.6. The van der Waals surface area contributed by atoms with Gasteiger partial charge < -0.3 is 9.80 Å². The molecule has 28 heavy (non-hydrogen) atoms. The van der Waals surface area contributed by atoms with Gasteiger partial charge in [0.05, 0.1) is 9.85 Å². The molecule has 0 radical (unpaired) electrons. The van der Waals surface area contributed by atoms with E-state index in [9.17, 15) is 25.0 Å². The van der Waals surface area contributed by atoms with Crippen molar-refractivity contribution in [3.05, 3.63) is 55.9 Å². The zero-order chi connectivity index (χ0) is 20.4. The van der Waals surface area contributed by atoms with Crippen LogP contribution in [0.2, 0.25) is 0 Å². The summed E-state index contributed by atoms with van der Waals surface area (Å²) in [5.74, 6) is -0.149. The number of non-ortho nitro benzene ring substituents is 1. The van der Waals surface area contributed by atoms with E-state index in [0.717, 1.165) is 5.69 Å². The minimum atomic E-state index is -0.485. The average molecular weight is 388 g/mol. The van der Waals surface area contributed by atoms with Crippen molar-refractivity contribution >= 4 is 23.0 Å². The molecule has 1 aliphatic heterocycles. The molecule has 0 N–H and O–H groups in total. The number of aryl methyl sites for hydroxylation is 1. The molecule has 148 valence electrons. The SMILES string of the molecule is Cc1nn(CC(=O)N2CCN(c3ccc([N+](=O)[O-])cc3)CC2)c(C)c1[N+](=O)[O-]. The molecule has 0 atom stereocenters. The molecule has 0 saturated carbocycles. The molecule has 2 heterocycles. The Hall–Kier alpha value is -3.50. The molecular weight excluding hydrogens is 368 g/mol. The number of anilines is 1. The fourth-order valence-electron chi connectivity index (χ4n) is 3.33. The number of aromatic nitrogens is 2. The van der Waals surface area contributed by atoms with Crippen LogP contribution in [0.15, 0.2) is 24.3 Å². The number of benzene rings is 1. The lowest BCUT2D eigenvalue weighted by Gasteiger charge is -2.36. The standard InChI is InChI=1S/C17H20N6O5/c1-12-17(23(27)28)13(2)21(18-12)11-16(24)20-9-7-19(8-10-20)14-3-5-15(6-4-14)22(25)26/h3-6H,7-11H2,1-2H3. The second-order valence-electron chi connectivity index (χ2n) is 6.58. The van der Waals surface area contributed by atoms with Crippen molar-refractivity contribution in [2.45, 2.75) is 20.4 Å². The second kappa shape index (κ2) is 7.62. The van der Waals surface area contributed by atoms with Crippen LogP contribution >= 0.6 is 0 Å². The van der Waals surface area contributed by atoms with Gasteiger partial charge in [-0.2, -0.15) is 5.10 Å². The number of nitro benzene ring substituents is 1. The summed E-state index contributed by atoms with van der Waals surface area (Å²) in [6, 6.07) is 6.32. The van der Waals surface area contributed by atoms with Crippen LogP contribution in [0.4, 0.5) is 17.1 Å². The number of hydrogen-bond donors (Lipinski definition) is 0. The van der Waals surface area contributed by atoms with E-state index in [1.54, 1.807) is 30.9 Å². The summed E-state index contributed by atoms with van der Waals surface area (Å²) in [6.07, 6.45) is 0. The summed E-state index contributed by atoms with van der Waals surface area (Å²) < 4.78 is 1.37. The fourth-order valence-corrected chi connectivity index (χ4v) is 3.33. The first kappa shape index (κ1) is 19.3. The topological polar surface area (TPSA) is 128 Å². The number of hydrogen-bond acceptors (Lipinski definition) is 7. The maximum absolute atomic E-state index is 12.6. The van der Waals surface area contributed by atoms with E-state index in [0.29, 0.717) is 37.6 Å². The first-order chi connectivity index (χ1) is 13.3. The average Bonchev–Trinajstić information content (AvgIpc) is 2.95. The van der Waals surface area contributed by atoms with Gasteiger partial charge in [0.15, 0.2) is 0 Å². The molecule has 11 heteroatoms. The third-order valence-electron chi connectivity index (χ3n) is 4.87. The molecule has 1 aromatic heterocycles. The van der Waals surface area contributed by atoms with Gasteiger partial charge in [0.2, 0.25) is 5.91 Å². The molecule has 0 spiro atoms. The summed E-state index contributed by atoms with van der Waals surface area (Å²) in [6.45, 7) is 5.28. The molecular formula is C17H20N6O5. The number of rotatable bonds is 5. The Labute approximate surface area is 160 Å². The number of carbonyl (C=O) groups excluding carboxylic acids is 1. The van der Waals surface area contributed by atoms with Gasteiger partial charge >= 0.3 is 5.69 Å². The van der Waals surface area contributed by atoms with Crippen molar-refractivity contribution in [1.29, 1.82) is 0 Å². The highest BCUT2D eigenvalue weighted by Gasteiger charge is 2.26. The molecule has 2 aromatic rings. The van der Waals surface area contributed by atoms with Crippen LogP contribution in [0.25, 0.3) is 0 Å². The van der Waals surface area contributed by atoms with Gasteiger partial charge in [-0.15, -0.1) is 0 Å². The van der Waals surface area contributed by atoms with Gasteiger partial charge in [0.25, 0.3) is 5.69 Å². The molecule has 0 aliphatic carbocycles. The Balaban J connectivity index is 1.60. The van der Waals surface area contributed by atoms with Crippen LogP contribution < -0.4 is 4.90 Å². The molecule has 0 unspecified atom stereocenters. The predicted molar refractivity (Wildman–Crippen MR) is 100 cm³/mol. The van der Waals surface area contributed by atoms with Gasteiger partial charge in [0, 0.05) is 44.0 Å². The maximum atomic E-state index is 12.6. The Morgan fingerprint density at radius 3 is 2.14 bits per heavy atom. The van der Waals surface area contributed by atoms with Gasteiger partial charge in [-0.3, -0.25) is 29.7 Å². The highest BCUT2D eigenvalue weighted by Crippen LogP contribution is 2.23. The number of nitro groups is 2.